The Morgan fingerprint density at radius 3 is 2.75 bits per heavy atom. The van der Waals surface area contributed by atoms with Gasteiger partial charge in [-0.2, -0.15) is 5.10 Å². The summed E-state index contributed by atoms with van der Waals surface area (Å²) in [6, 6.07) is 2.17. The first-order valence-corrected chi connectivity index (χ1v) is 4.43. The van der Waals surface area contributed by atoms with E-state index >= 15 is 0 Å². The topological polar surface area (TPSA) is 43.8 Å². The van der Waals surface area contributed by atoms with Crippen LogP contribution in [0.1, 0.15) is 37.7 Å². The van der Waals surface area contributed by atoms with Gasteiger partial charge in [0, 0.05) is 13.1 Å². The third-order valence-electron chi connectivity index (χ3n) is 1.94. The van der Waals surface area contributed by atoms with Gasteiger partial charge in [-0.15, -0.1) is 0 Å². The molecule has 1 aromatic heterocycles. The molecule has 0 aliphatic rings. The minimum Gasteiger partial charge on any atom is -0.323 e. The molecule has 2 N–H and O–H groups in total. The van der Waals surface area contributed by atoms with Gasteiger partial charge in [-0.1, -0.05) is 13.3 Å². The Morgan fingerprint density at radius 1 is 1.67 bits per heavy atom. The zero-order valence-electron chi connectivity index (χ0n) is 8.04. The van der Waals surface area contributed by atoms with Gasteiger partial charge in [0.25, 0.3) is 0 Å². The first-order valence-electron chi connectivity index (χ1n) is 4.43. The van der Waals surface area contributed by atoms with Crippen LogP contribution in [-0.4, -0.2) is 9.78 Å². The van der Waals surface area contributed by atoms with E-state index in [1.165, 1.54) is 0 Å². The maximum Gasteiger partial charge on any atom is 0.0627 e. The van der Waals surface area contributed by atoms with Crippen LogP contribution in [0.4, 0.5) is 0 Å². The van der Waals surface area contributed by atoms with Gasteiger partial charge in [-0.05, 0) is 19.4 Å². The SMILES string of the molecule is CCCc1cc([C@@H](C)N)n(C)n1. The van der Waals surface area contributed by atoms with E-state index in [0.29, 0.717) is 0 Å². The van der Waals surface area contributed by atoms with Crippen molar-refractivity contribution < 1.29 is 0 Å². The van der Waals surface area contributed by atoms with E-state index in [4.69, 9.17) is 5.73 Å². The van der Waals surface area contributed by atoms with E-state index in [2.05, 4.69) is 18.1 Å². The van der Waals surface area contributed by atoms with Crippen LogP contribution < -0.4 is 5.73 Å². The van der Waals surface area contributed by atoms with Crippen LogP contribution in [0, 0.1) is 0 Å². The molecule has 0 bridgehead atoms. The maximum atomic E-state index is 5.76. The minimum absolute atomic E-state index is 0.0770. The molecule has 0 aliphatic heterocycles. The summed E-state index contributed by atoms with van der Waals surface area (Å²) in [5.41, 5.74) is 8.02. The van der Waals surface area contributed by atoms with Crippen LogP contribution in [0.5, 0.6) is 0 Å². The molecule has 1 atom stereocenters. The number of nitrogens with two attached hydrogens (primary N) is 1. The Labute approximate surface area is 73.6 Å². The van der Waals surface area contributed by atoms with Crippen LogP contribution in [0.25, 0.3) is 0 Å². The molecule has 0 saturated heterocycles. The molecule has 68 valence electrons. The standard InChI is InChI=1S/C9H17N3/c1-4-5-8-6-9(7(2)10)12(3)11-8/h6-7H,4-5,10H2,1-3H3/t7-/m1/s1. The van der Waals surface area contributed by atoms with Crippen LogP contribution in [-0.2, 0) is 13.5 Å². The molecular formula is C9H17N3. The van der Waals surface area contributed by atoms with E-state index in [0.717, 1.165) is 24.2 Å². The van der Waals surface area contributed by atoms with Gasteiger partial charge < -0.3 is 5.73 Å². The molecule has 0 unspecified atom stereocenters. The Hall–Kier alpha value is -0.830. The normalized spacial score (nSPS) is 13.3. The molecule has 0 aromatic carbocycles. The second-order valence-corrected chi connectivity index (χ2v) is 3.22. The second-order valence-electron chi connectivity index (χ2n) is 3.22. The predicted octanol–water partition coefficient (Wildman–Crippen LogP) is 1.39. The van der Waals surface area contributed by atoms with Gasteiger partial charge in [0.2, 0.25) is 0 Å². The number of rotatable bonds is 3. The van der Waals surface area contributed by atoms with Crippen molar-refractivity contribution in [2.75, 3.05) is 0 Å². The van der Waals surface area contributed by atoms with E-state index < -0.39 is 0 Å². The van der Waals surface area contributed by atoms with E-state index in [1.54, 1.807) is 0 Å². The number of aromatic nitrogens is 2. The van der Waals surface area contributed by atoms with Crippen molar-refractivity contribution in [2.24, 2.45) is 12.8 Å². The Kier molecular flexibility index (Phi) is 2.87. The summed E-state index contributed by atoms with van der Waals surface area (Å²) in [4.78, 5) is 0. The molecule has 0 fully saturated rings. The second kappa shape index (κ2) is 3.72. The fraction of sp³-hybridized carbons (Fsp3) is 0.667. The average Bonchev–Trinajstić information content (AvgIpc) is 2.32. The first-order chi connectivity index (χ1) is 5.65. The zero-order valence-corrected chi connectivity index (χ0v) is 8.04. The molecule has 1 aromatic rings. The summed E-state index contributed by atoms with van der Waals surface area (Å²) >= 11 is 0. The summed E-state index contributed by atoms with van der Waals surface area (Å²) in [6.45, 7) is 4.13. The molecule has 1 heterocycles. The summed E-state index contributed by atoms with van der Waals surface area (Å²) < 4.78 is 1.87. The van der Waals surface area contributed by atoms with Crippen molar-refractivity contribution in [1.29, 1.82) is 0 Å². The fourth-order valence-corrected chi connectivity index (χ4v) is 1.35. The van der Waals surface area contributed by atoms with E-state index in [1.807, 2.05) is 18.7 Å². The molecular weight excluding hydrogens is 150 g/mol. The van der Waals surface area contributed by atoms with Gasteiger partial charge >= 0.3 is 0 Å². The van der Waals surface area contributed by atoms with Crippen LogP contribution >= 0.6 is 0 Å². The molecule has 12 heavy (non-hydrogen) atoms. The lowest BCUT2D eigenvalue weighted by Gasteiger charge is -2.03. The van der Waals surface area contributed by atoms with Crippen molar-refractivity contribution in [1.82, 2.24) is 9.78 Å². The number of hydrogen-bond donors (Lipinski definition) is 1. The molecule has 1 rings (SSSR count). The number of nitrogens with zero attached hydrogens (tertiary/aromatic N) is 2. The predicted molar refractivity (Wildman–Crippen MR) is 49.8 cm³/mol. The molecule has 3 heteroatoms. The lowest BCUT2D eigenvalue weighted by atomic mass is 10.2. The summed E-state index contributed by atoms with van der Waals surface area (Å²) in [5, 5.41) is 4.36. The minimum atomic E-state index is 0.0770. The van der Waals surface area contributed by atoms with Gasteiger partial charge in [0.05, 0.1) is 11.4 Å². The quantitative estimate of drug-likeness (QED) is 0.739. The van der Waals surface area contributed by atoms with Crippen LogP contribution in [0.2, 0.25) is 0 Å². The highest BCUT2D eigenvalue weighted by molar-refractivity contribution is 5.13. The van der Waals surface area contributed by atoms with Crippen LogP contribution in [0.15, 0.2) is 6.07 Å². The van der Waals surface area contributed by atoms with E-state index in [-0.39, 0.29) is 6.04 Å². The summed E-state index contributed by atoms with van der Waals surface area (Å²) in [5.74, 6) is 0. The van der Waals surface area contributed by atoms with Crippen molar-refractivity contribution in [2.45, 2.75) is 32.7 Å². The molecule has 3 nitrogen and oxygen atoms in total. The highest BCUT2D eigenvalue weighted by Crippen LogP contribution is 2.11. The average molecular weight is 167 g/mol. The van der Waals surface area contributed by atoms with Crippen LogP contribution in [0.3, 0.4) is 0 Å². The number of aryl methyl sites for hydroxylation is 2. The van der Waals surface area contributed by atoms with Crippen molar-refractivity contribution >= 4 is 0 Å². The lowest BCUT2D eigenvalue weighted by molar-refractivity contribution is 0.646. The fourth-order valence-electron chi connectivity index (χ4n) is 1.35. The van der Waals surface area contributed by atoms with Gasteiger partial charge in [-0.25, -0.2) is 0 Å². The van der Waals surface area contributed by atoms with Gasteiger partial charge in [0.15, 0.2) is 0 Å². The Bertz CT molecular complexity index is 250. The third-order valence-corrected chi connectivity index (χ3v) is 1.94. The smallest absolute Gasteiger partial charge is 0.0627 e. The third kappa shape index (κ3) is 1.85. The summed E-state index contributed by atoms with van der Waals surface area (Å²) in [7, 11) is 1.94. The van der Waals surface area contributed by atoms with Crippen molar-refractivity contribution in [3.63, 3.8) is 0 Å². The van der Waals surface area contributed by atoms with Crippen molar-refractivity contribution in [3.8, 4) is 0 Å². The Balaban J connectivity index is 2.85. The Morgan fingerprint density at radius 2 is 2.33 bits per heavy atom. The van der Waals surface area contributed by atoms with Gasteiger partial charge in [0.1, 0.15) is 0 Å². The lowest BCUT2D eigenvalue weighted by Crippen LogP contribution is -2.10. The first kappa shape index (κ1) is 9.26. The summed E-state index contributed by atoms with van der Waals surface area (Å²) in [6.07, 6.45) is 2.18. The highest BCUT2D eigenvalue weighted by Gasteiger charge is 2.07. The highest BCUT2D eigenvalue weighted by atomic mass is 15.3. The number of hydrogen-bond acceptors (Lipinski definition) is 2. The molecule has 0 spiro atoms. The zero-order chi connectivity index (χ0) is 9.14. The molecule has 0 radical (unpaired) electrons. The molecule has 0 saturated carbocycles. The van der Waals surface area contributed by atoms with Crippen molar-refractivity contribution in [3.05, 3.63) is 17.5 Å². The molecule has 0 aliphatic carbocycles. The maximum absolute atomic E-state index is 5.76. The molecule has 0 amide bonds. The van der Waals surface area contributed by atoms with Gasteiger partial charge in [-0.3, -0.25) is 4.68 Å². The monoisotopic (exact) mass is 167 g/mol. The van der Waals surface area contributed by atoms with E-state index in [9.17, 15) is 0 Å². The largest absolute Gasteiger partial charge is 0.323 e.